The third-order valence-electron chi connectivity index (χ3n) is 3.57. The maximum absolute atomic E-state index is 8.85. The summed E-state index contributed by atoms with van der Waals surface area (Å²) >= 11 is 0. The monoisotopic (exact) mass is 291 g/mol. The maximum Gasteiger partial charge on any atom is 0.148 e. The summed E-state index contributed by atoms with van der Waals surface area (Å²) in [6.45, 7) is 3.07. The second-order valence-corrected chi connectivity index (χ2v) is 5.18. The molecule has 0 unspecified atom stereocenters. The van der Waals surface area contributed by atoms with E-state index >= 15 is 0 Å². The largest absolute Gasteiger partial charge is 0.486 e. The van der Waals surface area contributed by atoms with Crippen molar-refractivity contribution < 1.29 is 4.74 Å². The molecule has 0 aliphatic heterocycles. The van der Waals surface area contributed by atoms with Gasteiger partial charge in [0.2, 0.25) is 0 Å². The van der Waals surface area contributed by atoms with Gasteiger partial charge in [-0.05, 0) is 31.2 Å². The molecule has 4 nitrogen and oxygen atoms in total. The second-order valence-electron chi connectivity index (χ2n) is 5.18. The molecule has 4 heteroatoms. The van der Waals surface area contributed by atoms with Gasteiger partial charge in [0.1, 0.15) is 18.2 Å². The number of hydrogen-bond acceptors (Lipinski definition) is 3. The SMILES string of the molecule is Cc1ccc(OCc2nc3ccccc3n2CCC#N)cc1. The van der Waals surface area contributed by atoms with Crippen molar-refractivity contribution in [3.8, 4) is 11.8 Å². The first-order valence-corrected chi connectivity index (χ1v) is 7.28. The van der Waals surface area contributed by atoms with Crippen LogP contribution < -0.4 is 4.74 Å². The molecule has 0 spiro atoms. The Bertz CT molecular complexity index is 812. The van der Waals surface area contributed by atoms with E-state index in [-0.39, 0.29) is 0 Å². The average molecular weight is 291 g/mol. The van der Waals surface area contributed by atoms with Crippen LogP contribution in [-0.2, 0) is 13.2 Å². The number of nitrogens with zero attached hydrogens (tertiary/aromatic N) is 3. The summed E-state index contributed by atoms with van der Waals surface area (Å²) in [5.74, 6) is 1.67. The van der Waals surface area contributed by atoms with Crippen LogP contribution in [0.3, 0.4) is 0 Å². The van der Waals surface area contributed by atoms with Crippen LogP contribution >= 0.6 is 0 Å². The number of rotatable bonds is 5. The van der Waals surface area contributed by atoms with Crippen LogP contribution in [0.5, 0.6) is 5.75 Å². The molecule has 0 radical (unpaired) electrons. The van der Waals surface area contributed by atoms with Crippen molar-refractivity contribution in [2.45, 2.75) is 26.5 Å². The Labute approximate surface area is 129 Å². The summed E-state index contributed by atoms with van der Waals surface area (Å²) in [6, 6.07) is 18.1. The fourth-order valence-corrected chi connectivity index (χ4v) is 2.43. The average Bonchev–Trinajstić information content (AvgIpc) is 2.90. The number of benzene rings is 2. The topological polar surface area (TPSA) is 50.8 Å². The van der Waals surface area contributed by atoms with E-state index < -0.39 is 0 Å². The van der Waals surface area contributed by atoms with Crippen molar-refractivity contribution in [2.75, 3.05) is 0 Å². The second kappa shape index (κ2) is 6.31. The molecule has 0 amide bonds. The third-order valence-corrected chi connectivity index (χ3v) is 3.57. The first-order chi connectivity index (χ1) is 10.8. The molecule has 0 N–H and O–H groups in total. The van der Waals surface area contributed by atoms with Crippen molar-refractivity contribution >= 4 is 11.0 Å². The van der Waals surface area contributed by atoms with Crippen LogP contribution in [0.2, 0.25) is 0 Å². The highest BCUT2D eigenvalue weighted by Crippen LogP contribution is 2.19. The van der Waals surface area contributed by atoms with Crippen molar-refractivity contribution in [3.63, 3.8) is 0 Å². The van der Waals surface area contributed by atoms with Crippen molar-refractivity contribution in [3.05, 3.63) is 59.9 Å². The van der Waals surface area contributed by atoms with Gasteiger partial charge in [-0.15, -0.1) is 0 Å². The Balaban J connectivity index is 1.85. The molecule has 2 aromatic carbocycles. The first-order valence-electron chi connectivity index (χ1n) is 7.28. The first kappa shape index (κ1) is 14.2. The number of nitriles is 1. The van der Waals surface area contributed by atoms with E-state index in [0.29, 0.717) is 19.6 Å². The number of fused-ring (bicyclic) bond motifs is 1. The van der Waals surface area contributed by atoms with Crippen LogP contribution in [0.4, 0.5) is 0 Å². The number of imidazole rings is 1. The van der Waals surface area contributed by atoms with E-state index in [1.807, 2.05) is 55.5 Å². The van der Waals surface area contributed by atoms with E-state index in [0.717, 1.165) is 22.6 Å². The van der Waals surface area contributed by atoms with Crippen LogP contribution in [-0.4, -0.2) is 9.55 Å². The lowest BCUT2D eigenvalue weighted by Crippen LogP contribution is -2.07. The van der Waals surface area contributed by atoms with E-state index in [1.54, 1.807) is 0 Å². The molecule has 0 aliphatic carbocycles. The Hall–Kier alpha value is -2.80. The van der Waals surface area contributed by atoms with Gasteiger partial charge in [-0.3, -0.25) is 0 Å². The molecule has 0 saturated carbocycles. The molecule has 110 valence electrons. The molecule has 22 heavy (non-hydrogen) atoms. The molecule has 0 fully saturated rings. The van der Waals surface area contributed by atoms with Gasteiger partial charge >= 0.3 is 0 Å². The highest BCUT2D eigenvalue weighted by Gasteiger charge is 2.10. The summed E-state index contributed by atoms with van der Waals surface area (Å²) in [4.78, 5) is 4.63. The van der Waals surface area contributed by atoms with Gasteiger partial charge in [0.15, 0.2) is 0 Å². The molecule has 3 rings (SSSR count). The Morgan fingerprint density at radius 3 is 2.68 bits per heavy atom. The third kappa shape index (κ3) is 2.94. The van der Waals surface area contributed by atoms with Gasteiger partial charge in [0, 0.05) is 6.54 Å². The number of ether oxygens (including phenoxy) is 1. The van der Waals surface area contributed by atoms with E-state index in [2.05, 4.69) is 15.6 Å². The van der Waals surface area contributed by atoms with E-state index in [4.69, 9.17) is 10.00 Å². The fourth-order valence-electron chi connectivity index (χ4n) is 2.43. The molecule has 0 aliphatic rings. The summed E-state index contributed by atoms with van der Waals surface area (Å²) in [6.07, 6.45) is 0.456. The molecular formula is C18H17N3O. The summed E-state index contributed by atoms with van der Waals surface area (Å²) in [5.41, 5.74) is 3.18. The maximum atomic E-state index is 8.85. The van der Waals surface area contributed by atoms with E-state index in [1.165, 1.54) is 5.56 Å². The van der Waals surface area contributed by atoms with Crippen LogP contribution in [0.15, 0.2) is 48.5 Å². The van der Waals surface area contributed by atoms with Gasteiger partial charge < -0.3 is 9.30 Å². The Kier molecular flexibility index (Phi) is 4.06. The Morgan fingerprint density at radius 2 is 1.91 bits per heavy atom. The van der Waals surface area contributed by atoms with Crippen molar-refractivity contribution in [1.82, 2.24) is 9.55 Å². The molecule has 0 saturated heterocycles. The van der Waals surface area contributed by atoms with Crippen LogP contribution in [0.25, 0.3) is 11.0 Å². The molecule has 0 atom stereocenters. The number of aryl methyl sites for hydroxylation is 2. The molecular weight excluding hydrogens is 274 g/mol. The lowest BCUT2D eigenvalue weighted by atomic mass is 10.2. The van der Waals surface area contributed by atoms with Gasteiger partial charge in [-0.25, -0.2) is 4.98 Å². The summed E-state index contributed by atoms with van der Waals surface area (Å²) in [7, 11) is 0. The van der Waals surface area contributed by atoms with Crippen molar-refractivity contribution in [1.29, 1.82) is 5.26 Å². The minimum absolute atomic E-state index is 0.392. The number of hydrogen-bond donors (Lipinski definition) is 0. The number of para-hydroxylation sites is 2. The van der Waals surface area contributed by atoms with Crippen molar-refractivity contribution in [2.24, 2.45) is 0 Å². The highest BCUT2D eigenvalue weighted by molar-refractivity contribution is 5.75. The lowest BCUT2D eigenvalue weighted by molar-refractivity contribution is 0.290. The normalized spacial score (nSPS) is 10.5. The summed E-state index contributed by atoms with van der Waals surface area (Å²) < 4.78 is 7.89. The van der Waals surface area contributed by atoms with Gasteiger partial charge in [-0.1, -0.05) is 29.8 Å². The zero-order valence-corrected chi connectivity index (χ0v) is 12.5. The van der Waals surface area contributed by atoms with Gasteiger partial charge in [0.05, 0.1) is 23.5 Å². The smallest absolute Gasteiger partial charge is 0.148 e. The molecule has 1 heterocycles. The minimum Gasteiger partial charge on any atom is -0.486 e. The molecule has 3 aromatic rings. The highest BCUT2D eigenvalue weighted by atomic mass is 16.5. The predicted molar refractivity (Wildman–Crippen MR) is 85.5 cm³/mol. The van der Waals surface area contributed by atoms with Crippen LogP contribution in [0, 0.1) is 18.3 Å². The zero-order valence-electron chi connectivity index (χ0n) is 12.5. The molecule has 1 aromatic heterocycles. The predicted octanol–water partition coefficient (Wildman–Crippen LogP) is 3.84. The quantitative estimate of drug-likeness (QED) is 0.717. The van der Waals surface area contributed by atoms with E-state index in [9.17, 15) is 0 Å². The fraction of sp³-hybridized carbons (Fsp3) is 0.222. The Morgan fingerprint density at radius 1 is 1.14 bits per heavy atom. The summed E-state index contributed by atoms with van der Waals surface area (Å²) in [5, 5.41) is 8.85. The minimum atomic E-state index is 0.392. The zero-order chi connectivity index (χ0) is 15.4. The standard InChI is InChI=1S/C18H17N3O/c1-14-7-9-15(10-8-14)22-13-18-20-16-5-2-3-6-17(16)21(18)12-4-11-19/h2-3,5-10H,4,12-13H2,1H3. The van der Waals surface area contributed by atoms with Crippen LogP contribution in [0.1, 0.15) is 17.8 Å². The molecule has 0 bridgehead atoms. The van der Waals surface area contributed by atoms with Gasteiger partial charge in [-0.2, -0.15) is 5.26 Å². The number of aromatic nitrogens is 2. The lowest BCUT2D eigenvalue weighted by Gasteiger charge is -2.09. The van der Waals surface area contributed by atoms with Gasteiger partial charge in [0.25, 0.3) is 0 Å².